The molecule has 0 fully saturated rings. The SMILES string of the molecule is CCCCCC(CN(O)C=O)C(=O)NCNC(=O)c1ccc(-c2c(C)cc(F)c(C(=O)O)c2F)o1. The Kier molecular flexibility index (Phi) is 9.88. The molecule has 3 amide bonds. The number of unbranched alkanes of at least 4 members (excludes halogenated alkanes) is 2. The van der Waals surface area contributed by atoms with Crippen molar-refractivity contribution in [3.05, 3.63) is 46.7 Å². The molecule has 0 aliphatic rings. The molecular weight excluding hydrogens is 468 g/mol. The lowest BCUT2D eigenvalue weighted by molar-refractivity contribution is -0.154. The molecule has 0 bridgehead atoms. The van der Waals surface area contributed by atoms with Gasteiger partial charge in [-0.1, -0.05) is 26.2 Å². The summed E-state index contributed by atoms with van der Waals surface area (Å²) in [6.45, 7) is 2.86. The number of carbonyl (C=O) groups excluding carboxylic acids is 3. The van der Waals surface area contributed by atoms with E-state index in [1.165, 1.54) is 19.1 Å². The van der Waals surface area contributed by atoms with Crippen LogP contribution in [0.4, 0.5) is 8.78 Å². The van der Waals surface area contributed by atoms with Crippen molar-refractivity contribution < 1.29 is 42.7 Å². The third kappa shape index (κ3) is 7.09. The van der Waals surface area contributed by atoms with Crippen molar-refractivity contribution in [2.75, 3.05) is 13.2 Å². The summed E-state index contributed by atoms with van der Waals surface area (Å²) in [5, 5.41) is 23.7. The number of aromatic carboxylic acids is 1. The fourth-order valence-corrected chi connectivity index (χ4v) is 3.49. The number of carbonyl (C=O) groups is 4. The summed E-state index contributed by atoms with van der Waals surface area (Å²) in [5.41, 5.74) is -1.36. The molecule has 1 aromatic carbocycles. The molecule has 0 saturated heterocycles. The van der Waals surface area contributed by atoms with Crippen LogP contribution in [0.15, 0.2) is 22.6 Å². The van der Waals surface area contributed by atoms with E-state index >= 15 is 0 Å². The predicted octanol–water partition coefficient (Wildman–Crippen LogP) is 3.08. The molecule has 0 aliphatic carbocycles. The molecular formula is C23H27F2N3O7. The fourth-order valence-electron chi connectivity index (χ4n) is 3.49. The second-order valence-corrected chi connectivity index (χ2v) is 7.85. The predicted molar refractivity (Wildman–Crippen MR) is 118 cm³/mol. The summed E-state index contributed by atoms with van der Waals surface area (Å²) in [7, 11) is 0. The van der Waals surface area contributed by atoms with Gasteiger partial charge >= 0.3 is 5.97 Å². The Labute approximate surface area is 199 Å². The molecule has 1 heterocycles. The maximum absolute atomic E-state index is 14.7. The Morgan fingerprint density at radius 3 is 2.54 bits per heavy atom. The van der Waals surface area contributed by atoms with Crippen LogP contribution in [0.5, 0.6) is 0 Å². The van der Waals surface area contributed by atoms with E-state index in [0.717, 1.165) is 18.9 Å². The van der Waals surface area contributed by atoms with Gasteiger partial charge in [0.05, 0.1) is 24.7 Å². The highest BCUT2D eigenvalue weighted by atomic mass is 19.1. The van der Waals surface area contributed by atoms with Crippen molar-refractivity contribution in [2.24, 2.45) is 5.92 Å². The zero-order valence-electron chi connectivity index (χ0n) is 19.3. The first-order valence-electron chi connectivity index (χ1n) is 10.9. The number of halogens is 2. The van der Waals surface area contributed by atoms with Crippen LogP contribution in [0, 0.1) is 24.5 Å². The van der Waals surface area contributed by atoms with Crippen LogP contribution in [0.3, 0.4) is 0 Å². The van der Waals surface area contributed by atoms with Gasteiger partial charge in [0, 0.05) is 0 Å². The van der Waals surface area contributed by atoms with Crippen LogP contribution in [0.2, 0.25) is 0 Å². The number of aryl methyl sites for hydroxylation is 1. The van der Waals surface area contributed by atoms with E-state index in [-0.39, 0.29) is 42.3 Å². The molecule has 2 aromatic rings. The number of furan rings is 1. The zero-order valence-corrected chi connectivity index (χ0v) is 19.3. The molecule has 4 N–H and O–H groups in total. The Morgan fingerprint density at radius 2 is 1.91 bits per heavy atom. The molecule has 0 aliphatic heterocycles. The summed E-state index contributed by atoms with van der Waals surface area (Å²) >= 11 is 0. The number of hydrogen-bond acceptors (Lipinski definition) is 6. The summed E-state index contributed by atoms with van der Waals surface area (Å²) in [6.07, 6.45) is 3.13. The number of nitrogens with zero attached hydrogens (tertiary/aromatic N) is 1. The first kappa shape index (κ1) is 27.4. The third-order valence-corrected chi connectivity index (χ3v) is 5.27. The van der Waals surface area contributed by atoms with Gasteiger partial charge < -0.3 is 20.2 Å². The molecule has 2 rings (SSSR count). The van der Waals surface area contributed by atoms with Gasteiger partial charge in [0.25, 0.3) is 5.91 Å². The molecule has 12 heteroatoms. The van der Waals surface area contributed by atoms with Gasteiger partial charge in [-0.2, -0.15) is 0 Å². The summed E-state index contributed by atoms with van der Waals surface area (Å²) in [4.78, 5) is 46.7. The Bertz CT molecular complexity index is 1090. The minimum atomic E-state index is -1.79. The minimum Gasteiger partial charge on any atom is -0.477 e. The van der Waals surface area contributed by atoms with Crippen molar-refractivity contribution in [1.82, 2.24) is 15.7 Å². The largest absolute Gasteiger partial charge is 0.477 e. The normalized spacial score (nSPS) is 11.6. The van der Waals surface area contributed by atoms with E-state index in [0.29, 0.717) is 17.9 Å². The van der Waals surface area contributed by atoms with Crippen LogP contribution in [0.1, 0.15) is 59.1 Å². The van der Waals surface area contributed by atoms with Crippen LogP contribution < -0.4 is 10.6 Å². The van der Waals surface area contributed by atoms with Gasteiger partial charge in [-0.3, -0.25) is 19.6 Å². The smallest absolute Gasteiger partial charge is 0.341 e. The lowest BCUT2D eigenvalue weighted by Crippen LogP contribution is -2.42. The highest BCUT2D eigenvalue weighted by Gasteiger charge is 2.25. The highest BCUT2D eigenvalue weighted by molar-refractivity contribution is 5.93. The first-order chi connectivity index (χ1) is 16.6. The number of hydrogen-bond donors (Lipinski definition) is 4. The summed E-state index contributed by atoms with van der Waals surface area (Å²) in [6, 6.07) is 3.31. The van der Waals surface area contributed by atoms with Crippen LogP contribution in [-0.2, 0) is 9.59 Å². The average Bonchev–Trinajstić information content (AvgIpc) is 3.27. The summed E-state index contributed by atoms with van der Waals surface area (Å²) < 4.78 is 33.9. The van der Waals surface area contributed by atoms with E-state index in [4.69, 9.17) is 9.52 Å². The Hall–Kier alpha value is -3.80. The van der Waals surface area contributed by atoms with Crippen LogP contribution in [-0.4, -0.2) is 52.8 Å². The maximum atomic E-state index is 14.7. The molecule has 35 heavy (non-hydrogen) atoms. The Morgan fingerprint density at radius 1 is 1.20 bits per heavy atom. The van der Waals surface area contributed by atoms with Crippen molar-refractivity contribution in [1.29, 1.82) is 0 Å². The lowest BCUT2D eigenvalue weighted by Gasteiger charge is -2.19. The van der Waals surface area contributed by atoms with E-state index in [9.17, 15) is 33.2 Å². The third-order valence-electron chi connectivity index (χ3n) is 5.27. The van der Waals surface area contributed by atoms with Gasteiger partial charge in [0.15, 0.2) is 11.6 Å². The standard InChI is InChI=1S/C23H27F2N3O7/c1-3-4-5-6-14(10-28(34)12-29)21(30)26-11-27-22(31)17-8-7-16(35-17)18-13(2)9-15(24)19(20(18)25)23(32)33/h7-9,12,14,34H,3-6,10-11H2,1-2H3,(H,26,30)(H,27,31)(H,32,33). The number of rotatable bonds is 13. The molecule has 1 aromatic heterocycles. The van der Waals surface area contributed by atoms with Crippen LogP contribution in [0.25, 0.3) is 11.3 Å². The monoisotopic (exact) mass is 495 g/mol. The quantitative estimate of drug-likeness (QED) is 0.110. The Balaban J connectivity index is 2.05. The van der Waals surface area contributed by atoms with Gasteiger partial charge in [-0.05, 0) is 37.1 Å². The first-order valence-corrected chi connectivity index (χ1v) is 10.9. The average molecular weight is 495 g/mol. The second-order valence-electron chi connectivity index (χ2n) is 7.85. The van der Waals surface area contributed by atoms with Gasteiger partial charge in [-0.25, -0.2) is 18.6 Å². The minimum absolute atomic E-state index is 0.0703. The number of carboxylic acids is 1. The molecule has 190 valence electrons. The van der Waals surface area contributed by atoms with Gasteiger partial charge in [0.1, 0.15) is 17.1 Å². The van der Waals surface area contributed by atoms with Gasteiger partial charge in [0.2, 0.25) is 12.3 Å². The topological polar surface area (TPSA) is 149 Å². The van der Waals surface area contributed by atoms with E-state index in [1.807, 2.05) is 6.92 Å². The number of amides is 3. The molecule has 1 unspecified atom stereocenters. The van der Waals surface area contributed by atoms with Crippen molar-refractivity contribution >= 4 is 24.2 Å². The van der Waals surface area contributed by atoms with Crippen molar-refractivity contribution in [3.63, 3.8) is 0 Å². The number of carboxylic acid groups (broad SMARTS) is 1. The maximum Gasteiger partial charge on any atom is 0.341 e. The molecule has 0 radical (unpaired) electrons. The second kappa shape index (κ2) is 12.6. The number of hydroxylamine groups is 2. The summed E-state index contributed by atoms with van der Waals surface area (Å²) in [5.74, 6) is -6.69. The van der Waals surface area contributed by atoms with Crippen molar-refractivity contribution in [3.8, 4) is 11.3 Å². The molecule has 0 saturated carbocycles. The fraction of sp³-hybridized carbons (Fsp3) is 0.391. The van der Waals surface area contributed by atoms with Gasteiger partial charge in [-0.15, -0.1) is 0 Å². The molecule has 1 atom stereocenters. The highest BCUT2D eigenvalue weighted by Crippen LogP contribution is 2.32. The lowest BCUT2D eigenvalue weighted by atomic mass is 10.0. The van der Waals surface area contributed by atoms with Crippen molar-refractivity contribution in [2.45, 2.75) is 39.5 Å². The number of nitrogens with one attached hydrogen (secondary N) is 2. The van der Waals surface area contributed by atoms with E-state index in [2.05, 4.69) is 10.6 Å². The van der Waals surface area contributed by atoms with Crippen LogP contribution >= 0.6 is 0 Å². The van der Waals surface area contributed by atoms with E-state index < -0.39 is 40.9 Å². The zero-order chi connectivity index (χ0) is 26.1. The number of benzene rings is 1. The molecule has 0 spiro atoms. The van der Waals surface area contributed by atoms with E-state index in [1.54, 1.807) is 0 Å². The molecule has 10 nitrogen and oxygen atoms in total.